The van der Waals surface area contributed by atoms with Gasteiger partial charge in [-0.25, -0.2) is 9.37 Å². The lowest BCUT2D eigenvalue weighted by atomic mass is 10.3. The van der Waals surface area contributed by atoms with Crippen LogP contribution in [0.4, 0.5) is 4.39 Å². The number of fused-ring (bicyclic) bond motifs is 1. The second kappa shape index (κ2) is 5.88. The quantitative estimate of drug-likeness (QED) is 0.864. The molecule has 0 atom stereocenters. The molecule has 1 aromatic carbocycles. The van der Waals surface area contributed by atoms with Gasteiger partial charge in [-0.2, -0.15) is 0 Å². The van der Waals surface area contributed by atoms with Crippen molar-refractivity contribution in [2.75, 3.05) is 7.05 Å². The van der Waals surface area contributed by atoms with E-state index in [4.69, 9.17) is 11.6 Å². The van der Waals surface area contributed by atoms with Crippen molar-refractivity contribution in [3.8, 4) is 0 Å². The first kappa shape index (κ1) is 14.3. The van der Waals surface area contributed by atoms with E-state index in [-0.39, 0.29) is 17.6 Å². The number of rotatable bonds is 4. The molecule has 1 heterocycles. The molecule has 2 rings (SSSR count). The number of nitrogens with one attached hydrogen (secondary N) is 1. The fourth-order valence-corrected chi connectivity index (χ4v) is 2.40. The second-order valence-corrected chi connectivity index (χ2v) is 5.11. The number of carbonyl (C=O) groups is 1. The third-order valence-electron chi connectivity index (χ3n) is 2.83. The van der Waals surface area contributed by atoms with Crippen molar-refractivity contribution in [1.29, 1.82) is 0 Å². The van der Waals surface area contributed by atoms with Gasteiger partial charge in [0.15, 0.2) is 0 Å². The van der Waals surface area contributed by atoms with Crippen molar-refractivity contribution in [2.24, 2.45) is 0 Å². The first-order valence-electron chi connectivity index (χ1n) is 5.67. The van der Waals surface area contributed by atoms with E-state index in [0.29, 0.717) is 34.3 Å². The third kappa shape index (κ3) is 2.90. The van der Waals surface area contributed by atoms with Crippen LogP contribution in [0.3, 0.4) is 0 Å². The standard InChI is InChI=1S/C12H12BrClFN3O/c1-16-12(19)2-3-18-10-5-8(15)7(13)4-9(10)17-11(18)6-14/h4-5H,2-3,6H2,1H3,(H,16,19). The molecule has 0 saturated heterocycles. The fraction of sp³-hybridized carbons (Fsp3) is 0.333. The van der Waals surface area contributed by atoms with Crippen molar-refractivity contribution in [2.45, 2.75) is 18.8 Å². The highest BCUT2D eigenvalue weighted by atomic mass is 79.9. The molecule has 0 aliphatic heterocycles. The highest BCUT2D eigenvalue weighted by Crippen LogP contribution is 2.25. The maximum absolute atomic E-state index is 13.6. The number of hydrogen-bond donors (Lipinski definition) is 1. The topological polar surface area (TPSA) is 46.9 Å². The highest BCUT2D eigenvalue weighted by molar-refractivity contribution is 9.10. The minimum atomic E-state index is -0.366. The number of alkyl halides is 1. The summed E-state index contributed by atoms with van der Waals surface area (Å²) in [4.78, 5) is 15.6. The Morgan fingerprint density at radius 1 is 1.58 bits per heavy atom. The molecule has 0 aliphatic carbocycles. The zero-order chi connectivity index (χ0) is 14.0. The Balaban J connectivity index is 2.44. The monoisotopic (exact) mass is 347 g/mol. The van der Waals surface area contributed by atoms with Gasteiger partial charge < -0.3 is 9.88 Å². The largest absolute Gasteiger partial charge is 0.359 e. The van der Waals surface area contributed by atoms with Gasteiger partial charge >= 0.3 is 0 Å². The molecule has 1 N–H and O–H groups in total. The first-order chi connectivity index (χ1) is 9.06. The molecule has 7 heteroatoms. The molecule has 0 aliphatic rings. The molecule has 0 fully saturated rings. The molecular formula is C12H12BrClFN3O. The van der Waals surface area contributed by atoms with Crippen molar-refractivity contribution in [1.82, 2.24) is 14.9 Å². The molecule has 19 heavy (non-hydrogen) atoms. The molecule has 102 valence electrons. The van der Waals surface area contributed by atoms with Crippen molar-refractivity contribution >= 4 is 44.5 Å². The van der Waals surface area contributed by atoms with E-state index in [0.717, 1.165) is 0 Å². The van der Waals surface area contributed by atoms with Crippen LogP contribution >= 0.6 is 27.5 Å². The van der Waals surface area contributed by atoms with Crippen LogP contribution in [0.15, 0.2) is 16.6 Å². The Hall–Kier alpha value is -1.14. The number of carbonyl (C=O) groups excluding carboxylic acids is 1. The smallest absolute Gasteiger partial charge is 0.221 e. The van der Waals surface area contributed by atoms with Gasteiger partial charge in [0, 0.05) is 26.1 Å². The summed E-state index contributed by atoms with van der Waals surface area (Å²) in [5.74, 6) is 0.384. The Bertz CT molecular complexity index is 629. The normalized spacial score (nSPS) is 10.9. The molecule has 0 unspecified atom stereocenters. The molecule has 4 nitrogen and oxygen atoms in total. The molecule has 0 bridgehead atoms. The number of aromatic nitrogens is 2. The summed E-state index contributed by atoms with van der Waals surface area (Å²) >= 11 is 8.97. The van der Waals surface area contributed by atoms with Crippen LogP contribution in [0.1, 0.15) is 12.2 Å². The third-order valence-corrected chi connectivity index (χ3v) is 3.68. The Kier molecular flexibility index (Phi) is 4.42. The fourth-order valence-electron chi connectivity index (χ4n) is 1.86. The Morgan fingerprint density at radius 3 is 2.95 bits per heavy atom. The predicted octanol–water partition coefficient (Wildman–Crippen LogP) is 2.81. The van der Waals surface area contributed by atoms with Crippen LogP contribution in [0.2, 0.25) is 0 Å². The summed E-state index contributed by atoms with van der Waals surface area (Å²) in [5.41, 5.74) is 1.29. The number of amides is 1. The van der Waals surface area contributed by atoms with Crippen LogP contribution in [0.25, 0.3) is 11.0 Å². The van der Waals surface area contributed by atoms with Gasteiger partial charge in [-0.1, -0.05) is 0 Å². The number of halogens is 3. The van der Waals surface area contributed by atoms with Crippen molar-refractivity contribution < 1.29 is 9.18 Å². The minimum absolute atomic E-state index is 0.0834. The number of imidazole rings is 1. The van der Waals surface area contributed by atoms with E-state index < -0.39 is 0 Å². The summed E-state index contributed by atoms with van der Waals surface area (Å²) in [7, 11) is 1.58. The molecule has 0 radical (unpaired) electrons. The van der Waals surface area contributed by atoms with Gasteiger partial charge in [0.2, 0.25) is 5.91 Å². The average molecular weight is 349 g/mol. The summed E-state index contributed by atoms with van der Waals surface area (Å²) in [6, 6.07) is 3.00. The van der Waals surface area contributed by atoms with Gasteiger partial charge in [0.25, 0.3) is 0 Å². The Morgan fingerprint density at radius 2 is 2.32 bits per heavy atom. The number of aryl methyl sites for hydroxylation is 1. The van der Waals surface area contributed by atoms with Crippen LogP contribution in [-0.4, -0.2) is 22.5 Å². The second-order valence-electron chi connectivity index (χ2n) is 3.99. The molecule has 1 amide bonds. The van der Waals surface area contributed by atoms with Crippen LogP contribution in [-0.2, 0) is 17.2 Å². The van der Waals surface area contributed by atoms with Crippen LogP contribution in [0.5, 0.6) is 0 Å². The maximum atomic E-state index is 13.6. The summed E-state index contributed by atoms with van der Waals surface area (Å²) in [5, 5.41) is 2.55. The average Bonchev–Trinajstić information content (AvgIpc) is 2.73. The van der Waals surface area contributed by atoms with E-state index in [2.05, 4.69) is 26.2 Å². The lowest BCUT2D eigenvalue weighted by Gasteiger charge is -2.07. The van der Waals surface area contributed by atoms with Crippen molar-refractivity contribution in [3.63, 3.8) is 0 Å². The van der Waals surface area contributed by atoms with Crippen molar-refractivity contribution in [3.05, 3.63) is 28.2 Å². The number of nitrogens with zero attached hydrogens (tertiary/aromatic N) is 2. The lowest BCUT2D eigenvalue weighted by Crippen LogP contribution is -2.20. The molecule has 0 spiro atoms. The van der Waals surface area contributed by atoms with E-state index in [1.54, 1.807) is 17.7 Å². The summed E-state index contributed by atoms with van der Waals surface area (Å²) in [6.45, 7) is 0.416. The van der Waals surface area contributed by atoms with Crippen LogP contribution in [0, 0.1) is 5.82 Å². The van der Waals surface area contributed by atoms with Gasteiger partial charge in [0.05, 0.1) is 21.4 Å². The van der Waals surface area contributed by atoms with E-state index >= 15 is 0 Å². The van der Waals surface area contributed by atoms with Gasteiger partial charge in [0.1, 0.15) is 11.6 Å². The molecular weight excluding hydrogens is 337 g/mol. The summed E-state index contributed by atoms with van der Waals surface area (Å²) < 4.78 is 15.7. The minimum Gasteiger partial charge on any atom is -0.359 e. The van der Waals surface area contributed by atoms with E-state index in [1.807, 2.05) is 0 Å². The van der Waals surface area contributed by atoms with E-state index in [1.165, 1.54) is 6.07 Å². The zero-order valence-corrected chi connectivity index (χ0v) is 12.6. The maximum Gasteiger partial charge on any atom is 0.221 e. The molecule has 0 saturated carbocycles. The zero-order valence-electron chi connectivity index (χ0n) is 10.2. The number of benzene rings is 1. The van der Waals surface area contributed by atoms with Gasteiger partial charge in [-0.3, -0.25) is 4.79 Å². The molecule has 2 aromatic rings. The summed E-state index contributed by atoms with van der Waals surface area (Å²) in [6.07, 6.45) is 0.295. The van der Waals surface area contributed by atoms with E-state index in [9.17, 15) is 9.18 Å². The van der Waals surface area contributed by atoms with Gasteiger partial charge in [-0.15, -0.1) is 11.6 Å². The Labute approximate surface area is 123 Å². The predicted molar refractivity (Wildman–Crippen MR) is 75.6 cm³/mol. The SMILES string of the molecule is CNC(=O)CCn1c(CCl)nc2cc(Br)c(F)cc21. The lowest BCUT2D eigenvalue weighted by molar-refractivity contribution is -0.120. The van der Waals surface area contributed by atoms with Gasteiger partial charge in [-0.05, 0) is 22.0 Å². The first-order valence-corrected chi connectivity index (χ1v) is 7.00. The van der Waals surface area contributed by atoms with Crippen LogP contribution < -0.4 is 5.32 Å². The number of hydrogen-bond acceptors (Lipinski definition) is 2. The highest BCUT2D eigenvalue weighted by Gasteiger charge is 2.13. The molecule has 1 aromatic heterocycles.